The van der Waals surface area contributed by atoms with Gasteiger partial charge in [-0.25, -0.2) is 4.98 Å². The Labute approximate surface area is 118 Å². The highest BCUT2D eigenvalue weighted by Crippen LogP contribution is 2.26. The van der Waals surface area contributed by atoms with E-state index in [9.17, 15) is 14.9 Å². The predicted octanol–water partition coefficient (Wildman–Crippen LogP) is 0.374. The van der Waals surface area contributed by atoms with E-state index in [1.807, 2.05) is 4.90 Å². The molecule has 0 radical (unpaired) electrons. The number of carbonyl (C=O) groups excluding carboxylic acids is 1. The van der Waals surface area contributed by atoms with Gasteiger partial charge in [0, 0.05) is 36.8 Å². The number of primary amides is 1. The number of amides is 1. The van der Waals surface area contributed by atoms with Crippen LogP contribution >= 0.6 is 0 Å². The summed E-state index contributed by atoms with van der Waals surface area (Å²) in [4.78, 5) is 27.6. The molecule has 21 heavy (non-hydrogen) atoms. The van der Waals surface area contributed by atoms with Gasteiger partial charge in [-0.05, 0) is 0 Å². The summed E-state index contributed by atoms with van der Waals surface area (Å²) >= 11 is 0. The molecule has 0 aromatic carbocycles. The van der Waals surface area contributed by atoms with Crippen molar-refractivity contribution >= 4 is 17.4 Å². The summed E-state index contributed by atoms with van der Waals surface area (Å²) in [5.41, 5.74) is 7.17. The first-order valence-corrected chi connectivity index (χ1v) is 6.26. The van der Waals surface area contributed by atoms with Crippen LogP contribution in [0.1, 0.15) is 21.6 Å². The SMILES string of the molecule is NC(=O)c1cc([N+](=O)[O-])cnc1N1CCc2[nH]ncc2C1. The van der Waals surface area contributed by atoms with Crippen LogP contribution in [0, 0.1) is 10.1 Å². The fourth-order valence-corrected chi connectivity index (χ4v) is 2.38. The minimum atomic E-state index is -0.737. The number of carbonyl (C=O) groups is 1. The summed E-state index contributed by atoms with van der Waals surface area (Å²) in [5, 5.41) is 17.7. The van der Waals surface area contributed by atoms with Gasteiger partial charge in [-0.1, -0.05) is 0 Å². The Morgan fingerprint density at radius 2 is 2.29 bits per heavy atom. The summed E-state index contributed by atoms with van der Waals surface area (Å²) in [6.45, 7) is 1.15. The molecule has 2 aromatic heterocycles. The molecule has 3 N–H and O–H groups in total. The zero-order chi connectivity index (χ0) is 15.0. The largest absolute Gasteiger partial charge is 0.365 e. The Hall–Kier alpha value is -2.97. The molecule has 1 amide bonds. The minimum absolute atomic E-state index is 0.0520. The summed E-state index contributed by atoms with van der Waals surface area (Å²) in [5.74, 6) is -0.376. The molecule has 108 valence electrons. The van der Waals surface area contributed by atoms with Gasteiger partial charge in [-0.3, -0.25) is 20.0 Å². The summed E-state index contributed by atoms with van der Waals surface area (Å²) in [6.07, 6.45) is 3.58. The summed E-state index contributed by atoms with van der Waals surface area (Å²) in [7, 11) is 0. The quantitative estimate of drug-likeness (QED) is 0.619. The van der Waals surface area contributed by atoms with Crippen LogP contribution in [0.15, 0.2) is 18.5 Å². The third-order valence-corrected chi connectivity index (χ3v) is 3.43. The van der Waals surface area contributed by atoms with Crippen LogP contribution in [0.2, 0.25) is 0 Å². The van der Waals surface area contributed by atoms with Gasteiger partial charge in [0.2, 0.25) is 0 Å². The van der Waals surface area contributed by atoms with Crippen LogP contribution < -0.4 is 10.6 Å². The van der Waals surface area contributed by atoms with E-state index in [0.717, 1.165) is 29.9 Å². The number of nitrogens with one attached hydrogen (secondary N) is 1. The van der Waals surface area contributed by atoms with E-state index in [4.69, 9.17) is 5.73 Å². The summed E-state index contributed by atoms with van der Waals surface area (Å²) in [6, 6.07) is 1.16. The smallest absolute Gasteiger partial charge is 0.288 e. The van der Waals surface area contributed by atoms with Crippen molar-refractivity contribution in [2.45, 2.75) is 13.0 Å². The zero-order valence-corrected chi connectivity index (χ0v) is 10.9. The predicted molar refractivity (Wildman–Crippen MR) is 72.8 cm³/mol. The molecular weight excluding hydrogens is 276 g/mol. The van der Waals surface area contributed by atoms with E-state index in [-0.39, 0.29) is 11.3 Å². The van der Waals surface area contributed by atoms with Crippen molar-refractivity contribution in [2.24, 2.45) is 5.73 Å². The highest BCUT2D eigenvalue weighted by molar-refractivity contribution is 5.98. The monoisotopic (exact) mass is 288 g/mol. The first-order valence-electron chi connectivity index (χ1n) is 6.26. The molecule has 0 saturated carbocycles. The zero-order valence-electron chi connectivity index (χ0n) is 10.9. The van der Waals surface area contributed by atoms with Crippen LogP contribution in [0.5, 0.6) is 0 Å². The maximum absolute atomic E-state index is 11.5. The van der Waals surface area contributed by atoms with Gasteiger partial charge in [-0.2, -0.15) is 5.10 Å². The number of pyridine rings is 1. The van der Waals surface area contributed by atoms with Gasteiger partial charge in [0.15, 0.2) is 0 Å². The Morgan fingerprint density at radius 1 is 1.48 bits per heavy atom. The van der Waals surface area contributed by atoms with Crippen molar-refractivity contribution in [1.29, 1.82) is 0 Å². The maximum atomic E-state index is 11.5. The molecule has 9 heteroatoms. The molecule has 0 spiro atoms. The lowest BCUT2D eigenvalue weighted by Crippen LogP contribution is -2.32. The van der Waals surface area contributed by atoms with E-state index < -0.39 is 10.8 Å². The molecule has 0 bridgehead atoms. The summed E-state index contributed by atoms with van der Waals surface area (Å²) < 4.78 is 0. The highest BCUT2D eigenvalue weighted by atomic mass is 16.6. The second-order valence-electron chi connectivity index (χ2n) is 4.73. The second kappa shape index (κ2) is 4.85. The molecule has 1 aliphatic heterocycles. The standard InChI is InChI=1S/C12H12N6O3/c13-11(19)9-3-8(18(20)21)5-14-12(9)17-2-1-10-7(6-17)4-15-16-10/h3-5H,1-2,6H2,(H2,13,19)(H,15,16). The topological polar surface area (TPSA) is 131 Å². The lowest BCUT2D eigenvalue weighted by atomic mass is 10.1. The van der Waals surface area contributed by atoms with Crippen molar-refractivity contribution in [3.05, 3.63) is 45.4 Å². The molecule has 0 saturated heterocycles. The number of nitrogens with zero attached hydrogens (tertiary/aromatic N) is 4. The van der Waals surface area contributed by atoms with Crippen LogP contribution in [-0.2, 0) is 13.0 Å². The molecule has 3 rings (SSSR count). The van der Waals surface area contributed by atoms with Gasteiger partial charge in [0.1, 0.15) is 12.0 Å². The minimum Gasteiger partial charge on any atom is -0.365 e. The van der Waals surface area contributed by atoms with Crippen LogP contribution in [0.25, 0.3) is 0 Å². The van der Waals surface area contributed by atoms with Gasteiger partial charge >= 0.3 is 0 Å². The molecule has 0 unspecified atom stereocenters. The van der Waals surface area contributed by atoms with Gasteiger partial charge < -0.3 is 10.6 Å². The first-order chi connectivity index (χ1) is 10.1. The van der Waals surface area contributed by atoms with Crippen molar-refractivity contribution in [2.75, 3.05) is 11.4 Å². The van der Waals surface area contributed by atoms with E-state index in [1.165, 1.54) is 0 Å². The molecule has 0 atom stereocenters. The third kappa shape index (κ3) is 2.29. The Bertz CT molecular complexity index is 726. The Morgan fingerprint density at radius 3 is 3.00 bits per heavy atom. The number of hydrogen-bond donors (Lipinski definition) is 2. The first kappa shape index (κ1) is 13.0. The number of aromatic amines is 1. The molecule has 0 fully saturated rings. The highest BCUT2D eigenvalue weighted by Gasteiger charge is 2.24. The fourth-order valence-electron chi connectivity index (χ4n) is 2.38. The third-order valence-electron chi connectivity index (χ3n) is 3.43. The van der Waals surface area contributed by atoms with E-state index in [0.29, 0.717) is 18.9 Å². The average Bonchev–Trinajstić information content (AvgIpc) is 2.93. The molecule has 0 aliphatic carbocycles. The van der Waals surface area contributed by atoms with Crippen molar-refractivity contribution in [1.82, 2.24) is 15.2 Å². The van der Waals surface area contributed by atoms with Crippen LogP contribution in [-0.4, -0.2) is 32.6 Å². The second-order valence-corrected chi connectivity index (χ2v) is 4.73. The molecular formula is C12H12N6O3. The van der Waals surface area contributed by atoms with Crippen molar-refractivity contribution < 1.29 is 9.72 Å². The fraction of sp³-hybridized carbons (Fsp3) is 0.250. The number of nitrogens with two attached hydrogens (primary N) is 1. The Balaban J connectivity index is 1.99. The van der Waals surface area contributed by atoms with Crippen LogP contribution in [0.4, 0.5) is 11.5 Å². The number of rotatable bonds is 3. The number of nitro groups is 1. The maximum Gasteiger partial charge on any atom is 0.288 e. The molecule has 9 nitrogen and oxygen atoms in total. The van der Waals surface area contributed by atoms with Gasteiger partial charge in [0.05, 0.1) is 16.7 Å². The van der Waals surface area contributed by atoms with Gasteiger partial charge in [-0.15, -0.1) is 0 Å². The van der Waals surface area contributed by atoms with Crippen LogP contribution in [0.3, 0.4) is 0 Å². The molecule has 2 aromatic rings. The lowest BCUT2D eigenvalue weighted by molar-refractivity contribution is -0.385. The van der Waals surface area contributed by atoms with E-state index >= 15 is 0 Å². The lowest BCUT2D eigenvalue weighted by Gasteiger charge is -2.28. The Kier molecular flexibility index (Phi) is 3.01. The van der Waals surface area contributed by atoms with Gasteiger partial charge in [0.25, 0.3) is 11.6 Å². The van der Waals surface area contributed by atoms with Crippen molar-refractivity contribution in [3.63, 3.8) is 0 Å². The normalized spacial score (nSPS) is 13.8. The number of anilines is 1. The average molecular weight is 288 g/mol. The van der Waals surface area contributed by atoms with Crippen molar-refractivity contribution in [3.8, 4) is 0 Å². The number of fused-ring (bicyclic) bond motifs is 1. The molecule has 1 aliphatic rings. The number of H-pyrrole nitrogens is 1. The number of hydrogen-bond acceptors (Lipinski definition) is 6. The molecule has 3 heterocycles. The van der Waals surface area contributed by atoms with E-state index in [2.05, 4.69) is 15.2 Å². The number of aromatic nitrogens is 3. The van der Waals surface area contributed by atoms with E-state index in [1.54, 1.807) is 6.20 Å².